The maximum atomic E-state index is 13.4. The van der Waals surface area contributed by atoms with E-state index in [-0.39, 0.29) is 15.6 Å². The van der Waals surface area contributed by atoms with E-state index in [2.05, 4.69) is 10.1 Å². The van der Waals surface area contributed by atoms with E-state index in [1.165, 1.54) is 36.7 Å². The summed E-state index contributed by atoms with van der Waals surface area (Å²) in [7, 11) is 0. The van der Waals surface area contributed by atoms with Gasteiger partial charge in [0.05, 0.1) is 17.0 Å². The van der Waals surface area contributed by atoms with Crippen molar-refractivity contribution in [1.82, 2.24) is 9.99 Å². The molecular weight excluding hydrogens is 331 g/mol. The van der Waals surface area contributed by atoms with Gasteiger partial charge in [0.15, 0.2) is 0 Å². The molecule has 0 spiro atoms. The summed E-state index contributed by atoms with van der Waals surface area (Å²) in [6.07, 6.45) is -3.08. The molecule has 1 atom stereocenters. The van der Waals surface area contributed by atoms with Crippen LogP contribution in [0.2, 0.25) is 0 Å². The number of thiophene rings is 1. The average Bonchev–Trinajstić information content (AvgIpc) is 3.15. The maximum Gasteiger partial charge on any atom is 0.438 e. The van der Waals surface area contributed by atoms with Gasteiger partial charge in [-0.25, -0.2) is 0 Å². The normalized spacial score (nSPS) is 21.4. The summed E-state index contributed by atoms with van der Waals surface area (Å²) in [5.74, 6) is -0.996. The van der Waals surface area contributed by atoms with Crippen molar-refractivity contribution >= 4 is 23.0 Å². The van der Waals surface area contributed by atoms with E-state index in [1.54, 1.807) is 5.38 Å². The summed E-state index contributed by atoms with van der Waals surface area (Å²) >= 11 is 0.977. The van der Waals surface area contributed by atoms with Gasteiger partial charge in [0.25, 0.3) is 11.6 Å². The lowest BCUT2D eigenvalue weighted by Crippen LogP contribution is -2.56. The fraction of sp³-hybridized carbons (Fsp3) is 0.214. The van der Waals surface area contributed by atoms with Crippen molar-refractivity contribution in [3.05, 3.63) is 52.5 Å². The fourth-order valence-electron chi connectivity index (χ4n) is 2.19. The van der Waals surface area contributed by atoms with Crippen LogP contribution in [0, 0.1) is 0 Å². The van der Waals surface area contributed by atoms with E-state index in [0.29, 0.717) is 5.56 Å². The molecule has 3 heterocycles. The van der Waals surface area contributed by atoms with Crippen LogP contribution in [-0.4, -0.2) is 38.6 Å². The number of hydrazone groups is 1. The molecule has 2 aromatic heterocycles. The minimum Gasteiger partial charge on any atom is -0.362 e. The molecule has 120 valence electrons. The molecule has 1 aliphatic rings. The van der Waals surface area contributed by atoms with Gasteiger partial charge in [-0.2, -0.15) is 23.3 Å². The molecule has 0 bridgehead atoms. The number of pyridine rings is 1. The molecule has 2 aromatic rings. The number of hydrogen-bond acceptors (Lipinski definition) is 5. The van der Waals surface area contributed by atoms with Gasteiger partial charge in [0, 0.05) is 18.0 Å². The third kappa shape index (κ3) is 2.62. The van der Waals surface area contributed by atoms with Gasteiger partial charge in [-0.1, -0.05) is 6.07 Å². The summed E-state index contributed by atoms with van der Waals surface area (Å²) in [5, 5.41) is 15.6. The molecule has 0 aromatic carbocycles. The number of nitrogens with zero attached hydrogens (tertiary/aromatic N) is 3. The summed E-state index contributed by atoms with van der Waals surface area (Å²) in [4.78, 5) is 16.1. The van der Waals surface area contributed by atoms with E-state index < -0.39 is 24.2 Å². The first kappa shape index (κ1) is 15.6. The topological polar surface area (TPSA) is 65.8 Å². The Morgan fingerprint density at radius 3 is 2.57 bits per heavy atom. The highest BCUT2D eigenvalue weighted by Crippen LogP contribution is 2.42. The molecule has 3 rings (SSSR count). The van der Waals surface area contributed by atoms with Crippen molar-refractivity contribution in [3.63, 3.8) is 0 Å². The van der Waals surface area contributed by atoms with Crippen molar-refractivity contribution in [2.45, 2.75) is 18.3 Å². The SMILES string of the molecule is O=C(c1cccs1)N1N=C(c2ccncc2)CC1(O)C(F)(F)F. The number of carbonyl (C=O) groups is 1. The third-order valence-corrected chi connectivity index (χ3v) is 4.23. The monoisotopic (exact) mass is 341 g/mol. The molecule has 1 amide bonds. The van der Waals surface area contributed by atoms with E-state index in [9.17, 15) is 23.1 Å². The Morgan fingerprint density at radius 2 is 2.00 bits per heavy atom. The number of aliphatic hydroxyl groups is 1. The van der Waals surface area contributed by atoms with Crippen LogP contribution in [0.4, 0.5) is 13.2 Å². The highest BCUT2D eigenvalue weighted by Gasteiger charge is 2.63. The van der Waals surface area contributed by atoms with Crippen LogP contribution >= 0.6 is 11.3 Å². The zero-order valence-corrected chi connectivity index (χ0v) is 12.3. The van der Waals surface area contributed by atoms with Crippen LogP contribution in [0.15, 0.2) is 47.1 Å². The highest BCUT2D eigenvalue weighted by atomic mass is 32.1. The van der Waals surface area contributed by atoms with E-state index in [0.717, 1.165) is 11.3 Å². The lowest BCUT2D eigenvalue weighted by molar-refractivity contribution is -0.297. The molecular formula is C14H10F3N3O2S. The Bertz CT molecular complexity index is 746. The third-order valence-electron chi connectivity index (χ3n) is 3.38. The number of carbonyl (C=O) groups excluding carboxylic acids is 1. The van der Waals surface area contributed by atoms with Crippen molar-refractivity contribution in [3.8, 4) is 0 Å². The number of hydrogen-bond donors (Lipinski definition) is 1. The summed E-state index contributed by atoms with van der Waals surface area (Å²) in [6.45, 7) is 0. The van der Waals surface area contributed by atoms with Gasteiger partial charge in [0.2, 0.25) is 0 Å². The molecule has 1 unspecified atom stereocenters. The van der Waals surface area contributed by atoms with Crippen molar-refractivity contribution in [2.24, 2.45) is 5.10 Å². The number of rotatable bonds is 2. The van der Waals surface area contributed by atoms with Crippen LogP contribution in [0.3, 0.4) is 0 Å². The molecule has 5 nitrogen and oxygen atoms in total. The van der Waals surface area contributed by atoms with Crippen LogP contribution < -0.4 is 0 Å². The number of halogens is 3. The first-order valence-electron chi connectivity index (χ1n) is 6.48. The van der Waals surface area contributed by atoms with Crippen LogP contribution in [0.25, 0.3) is 0 Å². The summed E-state index contributed by atoms with van der Waals surface area (Å²) in [5.41, 5.74) is -3.03. The zero-order valence-electron chi connectivity index (χ0n) is 11.5. The lowest BCUT2D eigenvalue weighted by atomic mass is 10.0. The van der Waals surface area contributed by atoms with Gasteiger partial charge in [-0.05, 0) is 23.6 Å². The van der Waals surface area contributed by atoms with Gasteiger partial charge in [0.1, 0.15) is 0 Å². The molecule has 0 fully saturated rings. The molecule has 0 aliphatic carbocycles. The Labute approximate surface area is 132 Å². The highest BCUT2D eigenvalue weighted by molar-refractivity contribution is 7.12. The second-order valence-electron chi connectivity index (χ2n) is 4.87. The first-order valence-corrected chi connectivity index (χ1v) is 7.36. The van der Waals surface area contributed by atoms with Crippen molar-refractivity contribution < 1.29 is 23.1 Å². The Balaban J connectivity index is 2.04. The predicted molar refractivity (Wildman–Crippen MR) is 76.9 cm³/mol. The summed E-state index contributed by atoms with van der Waals surface area (Å²) in [6, 6.07) is 5.85. The fourth-order valence-corrected chi connectivity index (χ4v) is 2.84. The number of amides is 1. The van der Waals surface area contributed by atoms with Crippen molar-refractivity contribution in [2.75, 3.05) is 0 Å². The Morgan fingerprint density at radius 1 is 1.30 bits per heavy atom. The van der Waals surface area contributed by atoms with Gasteiger partial charge in [-0.15, -0.1) is 11.3 Å². The van der Waals surface area contributed by atoms with Crippen LogP contribution in [-0.2, 0) is 0 Å². The number of aromatic nitrogens is 1. The molecule has 0 radical (unpaired) electrons. The molecule has 0 saturated heterocycles. The zero-order chi connectivity index (χ0) is 16.7. The minimum atomic E-state index is -5.04. The molecule has 9 heteroatoms. The van der Waals surface area contributed by atoms with Crippen LogP contribution in [0.5, 0.6) is 0 Å². The molecule has 1 N–H and O–H groups in total. The van der Waals surface area contributed by atoms with Crippen molar-refractivity contribution in [1.29, 1.82) is 0 Å². The van der Waals surface area contributed by atoms with Gasteiger partial charge in [-0.3, -0.25) is 9.78 Å². The molecule has 1 aliphatic heterocycles. The minimum absolute atomic E-state index is 0.0304. The quantitative estimate of drug-likeness (QED) is 0.913. The lowest BCUT2D eigenvalue weighted by Gasteiger charge is -2.32. The van der Waals surface area contributed by atoms with Gasteiger partial charge >= 0.3 is 6.18 Å². The molecule has 23 heavy (non-hydrogen) atoms. The Hall–Kier alpha value is -2.26. The Kier molecular flexibility index (Phi) is 3.69. The van der Waals surface area contributed by atoms with E-state index >= 15 is 0 Å². The number of alkyl halides is 3. The largest absolute Gasteiger partial charge is 0.438 e. The summed E-state index contributed by atoms with van der Waals surface area (Å²) < 4.78 is 40.1. The second-order valence-corrected chi connectivity index (χ2v) is 5.82. The predicted octanol–water partition coefficient (Wildman–Crippen LogP) is 2.64. The molecule has 0 saturated carbocycles. The first-order chi connectivity index (χ1) is 10.8. The van der Waals surface area contributed by atoms with E-state index in [4.69, 9.17) is 0 Å². The van der Waals surface area contributed by atoms with Gasteiger partial charge < -0.3 is 5.11 Å². The average molecular weight is 341 g/mol. The maximum absolute atomic E-state index is 13.4. The van der Waals surface area contributed by atoms with E-state index in [1.807, 2.05) is 0 Å². The second kappa shape index (κ2) is 5.43. The van der Waals surface area contributed by atoms with Crippen LogP contribution in [0.1, 0.15) is 21.7 Å². The smallest absolute Gasteiger partial charge is 0.362 e. The standard InChI is InChI=1S/C14H10F3N3O2S/c15-14(16,17)13(22)8-10(9-3-5-18-6-4-9)19-20(13)12(21)11-2-1-7-23-11/h1-7,22H,8H2.